The molecule has 1 aromatic carbocycles. The Kier molecular flexibility index (Phi) is 5.12. The number of amides is 1. The number of hydrogen-bond donors (Lipinski definition) is 2. The number of halogens is 3. The van der Waals surface area contributed by atoms with Crippen LogP contribution in [0.1, 0.15) is 48.3 Å². The van der Waals surface area contributed by atoms with Gasteiger partial charge in [0.05, 0.1) is 5.66 Å². The van der Waals surface area contributed by atoms with Crippen LogP contribution in [-0.2, 0) is 5.41 Å². The third-order valence-electron chi connectivity index (χ3n) is 5.84. The molecule has 4 N–H and O–H groups in total. The smallest absolute Gasteiger partial charge is 0.406 e. The van der Waals surface area contributed by atoms with Gasteiger partial charge in [0.25, 0.3) is 5.91 Å². The van der Waals surface area contributed by atoms with E-state index in [-0.39, 0.29) is 17.4 Å². The number of aromatic nitrogens is 1. The quantitative estimate of drug-likeness (QED) is 0.755. The van der Waals surface area contributed by atoms with Crippen molar-refractivity contribution in [3.05, 3.63) is 47.3 Å². The fourth-order valence-corrected chi connectivity index (χ4v) is 4.17. The van der Waals surface area contributed by atoms with E-state index in [9.17, 15) is 18.0 Å². The second kappa shape index (κ2) is 7.03. The molecule has 2 atom stereocenters. The normalized spacial score (nSPS) is 22.9. The van der Waals surface area contributed by atoms with Crippen molar-refractivity contribution in [2.75, 3.05) is 13.1 Å². The van der Waals surface area contributed by atoms with E-state index in [4.69, 9.17) is 16.0 Å². The number of likely N-dealkylation sites (N-methyl/N-ethyl adjacent to an activating group) is 1. The first kappa shape index (κ1) is 21.1. The summed E-state index contributed by atoms with van der Waals surface area (Å²) in [6.45, 7) is 6.74. The Labute approximate surface area is 165 Å². The van der Waals surface area contributed by atoms with Crippen LogP contribution in [0.15, 0.2) is 35.1 Å². The van der Waals surface area contributed by atoms with Crippen molar-refractivity contribution in [2.45, 2.75) is 44.1 Å². The van der Waals surface area contributed by atoms with Gasteiger partial charge in [-0.1, -0.05) is 38.1 Å². The van der Waals surface area contributed by atoms with Crippen LogP contribution in [-0.4, -0.2) is 41.1 Å². The molecule has 0 aliphatic carbocycles. The molecule has 0 bridgehead atoms. The minimum absolute atomic E-state index is 0.00512. The molecule has 2 aromatic rings. The standard InChI is InChI=1S/C19H23F3N4O3/c1-4-26-9-14(13-10-28-25-15(13)16(23)27)18(26,24)17(2,3)11-6-5-7-12(8-11)29-19(20,21)22/h5-8,10,14H,4,9,24H2,1-3H3,(H2,23,27). The van der Waals surface area contributed by atoms with Crippen molar-refractivity contribution in [1.82, 2.24) is 10.1 Å². The van der Waals surface area contributed by atoms with Crippen LogP contribution in [0.4, 0.5) is 13.2 Å². The summed E-state index contributed by atoms with van der Waals surface area (Å²) in [5.74, 6) is -1.42. The molecule has 0 spiro atoms. The third-order valence-corrected chi connectivity index (χ3v) is 5.84. The van der Waals surface area contributed by atoms with Crippen LogP contribution in [0.5, 0.6) is 5.75 Å². The SMILES string of the molecule is CCN1CC(c2conc2C(N)=O)C1(N)C(C)(C)c1cccc(OC(F)(F)F)c1. The molecule has 29 heavy (non-hydrogen) atoms. The zero-order valence-corrected chi connectivity index (χ0v) is 16.3. The van der Waals surface area contributed by atoms with Gasteiger partial charge in [0.2, 0.25) is 0 Å². The zero-order valence-electron chi connectivity index (χ0n) is 16.3. The van der Waals surface area contributed by atoms with E-state index in [1.54, 1.807) is 6.07 Å². The Bertz CT molecular complexity index is 912. The molecule has 0 radical (unpaired) electrons. The van der Waals surface area contributed by atoms with Gasteiger partial charge < -0.3 is 20.7 Å². The third kappa shape index (κ3) is 3.46. The van der Waals surface area contributed by atoms with Gasteiger partial charge in [0.15, 0.2) is 5.69 Å². The Hall–Kier alpha value is -2.59. The van der Waals surface area contributed by atoms with Gasteiger partial charge in [0, 0.05) is 23.4 Å². The molecule has 1 aromatic heterocycles. The van der Waals surface area contributed by atoms with Crippen LogP contribution < -0.4 is 16.2 Å². The number of carbonyl (C=O) groups is 1. The van der Waals surface area contributed by atoms with E-state index in [1.165, 1.54) is 24.5 Å². The lowest BCUT2D eigenvalue weighted by Crippen LogP contribution is -2.78. The summed E-state index contributed by atoms with van der Waals surface area (Å²) in [4.78, 5) is 13.7. The lowest BCUT2D eigenvalue weighted by atomic mass is 9.60. The highest BCUT2D eigenvalue weighted by molar-refractivity contribution is 5.92. The van der Waals surface area contributed by atoms with Crippen molar-refractivity contribution in [1.29, 1.82) is 0 Å². The monoisotopic (exact) mass is 412 g/mol. The van der Waals surface area contributed by atoms with E-state index in [0.29, 0.717) is 24.2 Å². The van der Waals surface area contributed by atoms with E-state index in [0.717, 1.165) is 0 Å². The second-order valence-electron chi connectivity index (χ2n) is 7.60. The molecule has 10 heteroatoms. The minimum atomic E-state index is -4.80. The molecule has 3 rings (SSSR count). The molecule has 7 nitrogen and oxygen atoms in total. The molecule has 1 amide bonds. The van der Waals surface area contributed by atoms with E-state index in [1.807, 2.05) is 25.7 Å². The molecule has 1 fully saturated rings. The topological polar surface area (TPSA) is 108 Å². The summed E-state index contributed by atoms with van der Waals surface area (Å²) >= 11 is 0. The summed E-state index contributed by atoms with van der Waals surface area (Å²) < 4.78 is 47.0. The number of primary amides is 1. The number of alkyl halides is 3. The molecule has 0 saturated carbocycles. The van der Waals surface area contributed by atoms with Crippen molar-refractivity contribution >= 4 is 5.91 Å². The summed E-state index contributed by atoms with van der Waals surface area (Å²) in [5, 5.41) is 3.68. The predicted molar refractivity (Wildman–Crippen MR) is 98.1 cm³/mol. The molecule has 1 aliphatic rings. The fourth-order valence-electron chi connectivity index (χ4n) is 4.17. The Morgan fingerprint density at radius 2 is 2.10 bits per heavy atom. The number of likely N-dealkylation sites (tertiary alicyclic amines) is 1. The Morgan fingerprint density at radius 1 is 1.41 bits per heavy atom. The summed E-state index contributed by atoms with van der Waals surface area (Å²) in [5.41, 5.74) is 11.5. The van der Waals surface area contributed by atoms with Crippen LogP contribution >= 0.6 is 0 Å². The summed E-state index contributed by atoms with van der Waals surface area (Å²) in [7, 11) is 0. The van der Waals surface area contributed by atoms with Gasteiger partial charge in [-0.25, -0.2) is 0 Å². The number of nitrogens with two attached hydrogens (primary N) is 2. The van der Waals surface area contributed by atoms with Crippen LogP contribution in [0.3, 0.4) is 0 Å². The Morgan fingerprint density at radius 3 is 2.69 bits per heavy atom. The highest BCUT2D eigenvalue weighted by Gasteiger charge is 2.60. The minimum Gasteiger partial charge on any atom is -0.406 e. The Balaban J connectivity index is 2.03. The van der Waals surface area contributed by atoms with Gasteiger partial charge in [-0.3, -0.25) is 9.69 Å². The first-order chi connectivity index (χ1) is 13.4. The summed E-state index contributed by atoms with van der Waals surface area (Å²) in [6, 6.07) is 5.74. The average molecular weight is 412 g/mol. The van der Waals surface area contributed by atoms with Crippen molar-refractivity contribution in [3.8, 4) is 5.75 Å². The maximum absolute atomic E-state index is 12.6. The van der Waals surface area contributed by atoms with Gasteiger partial charge in [0.1, 0.15) is 12.0 Å². The lowest BCUT2D eigenvalue weighted by molar-refractivity contribution is -0.274. The van der Waals surface area contributed by atoms with Gasteiger partial charge in [-0.2, -0.15) is 0 Å². The van der Waals surface area contributed by atoms with E-state index >= 15 is 0 Å². The molecular weight excluding hydrogens is 389 g/mol. The highest BCUT2D eigenvalue weighted by atomic mass is 19.4. The molecule has 2 heterocycles. The molecule has 1 aliphatic heterocycles. The zero-order chi connectivity index (χ0) is 21.6. The fraction of sp³-hybridized carbons (Fsp3) is 0.474. The first-order valence-electron chi connectivity index (χ1n) is 9.06. The van der Waals surface area contributed by atoms with Crippen molar-refractivity contribution < 1.29 is 27.2 Å². The number of benzene rings is 1. The van der Waals surface area contributed by atoms with Crippen molar-refractivity contribution in [2.24, 2.45) is 11.5 Å². The maximum Gasteiger partial charge on any atom is 0.573 e. The molecular formula is C19H23F3N4O3. The maximum atomic E-state index is 12.6. The van der Waals surface area contributed by atoms with Crippen molar-refractivity contribution in [3.63, 3.8) is 0 Å². The van der Waals surface area contributed by atoms with Gasteiger partial charge >= 0.3 is 6.36 Å². The number of nitrogens with zero attached hydrogens (tertiary/aromatic N) is 2. The largest absolute Gasteiger partial charge is 0.573 e. The lowest BCUT2D eigenvalue weighted by Gasteiger charge is -2.63. The second-order valence-corrected chi connectivity index (χ2v) is 7.60. The van der Waals surface area contributed by atoms with Gasteiger partial charge in [-0.05, 0) is 24.2 Å². The van der Waals surface area contributed by atoms with Crippen LogP contribution in [0.2, 0.25) is 0 Å². The number of carbonyl (C=O) groups excluding carboxylic acids is 1. The molecule has 1 saturated heterocycles. The number of hydrogen-bond acceptors (Lipinski definition) is 6. The predicted octanol–water partition coefficient (Wildman–Crippen LogP) is 2.72. The number of rotatable bonds is 6. The van der Waals surface area contributed by atoms with Crippen LogP contribution in [0, 0.1) is 0 Å². The number of ether oxygens (including phenoxy) is 1. The van der Waals surface area contributed by atoms with E-state index in [2.05, 4.69) is 9.89 Å². The average Bonchev–Trinajstić information content (AvgIpc) is 3.08. The van der Waals surface area contributed by atoms with Crippen LogP contribution in [0.25, 0.3) is 0 Å². The van der Waals surface area contributed by atoms with Gasteiger partial charge in [-0.15, -0.1) is 13.2 Å². The first-order valence-corrected chi connectivity index (χ1v) is 9.06. The molecule has 2 unspecified atom stereocenters. The highest BCUT2D eigenvalue weighted by Crippen LogP contribution is 2.52. The summed E-state index contributed by atoms with van der Waals surface area (Å²) in [6.07, 6.45) is -3.45. The molecule has 158 valence electrons. The van der Waals surface area contributed by atoms with E-state index < -0.39 is 23.3 Å².